The second-order valence-corrected chi connectivity index (χ2v) is 12.3. The summed E-state index contributed by atoms with van der Waals surface area (Å²) in [5.41, 5.74) is 5.18. The van der Waals surface area contributed by atoms with Crippen LogP contribution in [-0.2, 0) is 31.0 Å². The summed E-state index contributed by atoms with van der Waals surface area (Å²) in [6.07, 6.45) is -1.36. The predicted octanol–water partition coefficient (Wildman–Crippen LogP) is 8.99. The van der Waals surface area contributed by atoms with E-state index in [2.05, 4.69) is 29.6 Å². The number of Topliss-reactive ketones (excluding diaryl/α,β-unsaturated/α-hetero) is 1. The molecule has 2 N–H and O–H groups in total. The average Bonchev–Trinajstić information content (AvgIpc) is 3.65. The largest absolute Gasteiger partial charge is 0.490 e. The summed E-state index contributed by atoms with van der Waals surface area (Å²) < 4.78 is 50.0. The fourth-order valence-electron chi connectivity index (χ4n) is 5.65. The molecular formula is C42H40F3NO6. The van der Waals surface area contributed by atoms with E-state index in [1.165, 1.54) is 5.56 Å². The quantitative estimate of drug-likeness (QED) is 0.111. The molecule has 1 heterocycles. The Morgan fingerprint density at radius 2 is 1.13 bits per heavy atom. The van der Waals surface area contributed by atoms with E-state index in [1.807, 2.05) is 109 Å². The molecule has 0 unspecified atom stereocenters. The molecule has 270 valence electrons. The Morgan fingerprint density at radius 3 is 1.65 bits per heavy atom. The van der Waals surface area contributed by atoms with Crippen molar-refractivity contribution in [3.05, 3.63) is 161 Å². The molecule has 6 rings (SSSR count). The van der Waals surface area contributed by atoms with Gasteiger partial charge in [-0.25, -0.2) is 4.79 Å². The van der Waals surface area contributed by atoms with Gasteiger partial charge in [-0.3, -0.25) is 4.79 Å². The highest BCUT2D eigenvalue weighted by molar-refractivity contribution is 6.00. The molecule has 5 aromatic rings. The summed E-state index contributed by atoms with van der Waals surface area (Å²) in [4.78, 5) is 22.5. The number of carbonyl (C=O) groups excluding carboxylic acids is 1. The monoisotopic (exact) mass is 711 g/mol. The molecule has 1 aliphatic rings. The van der Waals surface area contributed by atoms with Gasteiger partial charge in [0.1, 0.15) is 25.6 Å². The Bertz CT molecular complexity index is 1850. The number of hydrogen-bond donors (Lipinski definition) is 2. The van der Waals surface area contributed by atoms with Crippen molar-refractivity contribution in [2.24, 2.45) is 0 Å². The van der Waals surface area contributed by atoms with Gasteiger partial charge < -0.3 is 24.6 Å². The van der Waals surface area contributed by atoms with Crippen LogP contribution in [0, 0.1) is 0 Å². The van der Waals surface area contributed by atoms with Crippen LogP contribution in [-0.4, -0.2) is 35.1 Å². The van der Waals surface area contributed by atoms with Crippen LogP contribution in [0.3, 0.4) is 0 Å². The number of rotatable bonds is 14. The van der Waals surface area contributed by atoms with Crippen LogP contribution in [0.4, 0.5) is 13.2 Å². The van der Waals surface area contributed by atoms with Crippen LogP contribution in [0.5, 0.6) is 17.2 Å². The summed E-state index contributed by atoms with van der Waals surface area (Å²) in [6, 6.07) is 44.2. The van der Waals surface area contributed by atoms with Gasteiger partial charge in [0.2, 0.25) is 0 Å². The highest BCUT2D eigenvalue weighted by Crippen LogP contribution is 2.32. The lowest BCUT2D eigenvalue weighted by Crippen LogP contribution is -2.35. The van der Waals surface area contributed by atoms with Crippen molar-refractivity contribution in [1.29, 1.82) is 0 Å². The average molecular weight is 712 g/mol. The molecule has 0 bridgehead atoms. The molecule has 2 atom stereocenters. The van der Waals surface area contributed by atoms with Crippen LogP contribution < -0.4 is 19.5 Å². The standard InChI is InChI=1S/C40H39NO4.C2HF3O2/c42-40(37-24-21-35(41-37)20-16-30-17-22-36(23-18-30)43-27-31-10-4-1-5-11-31)34-19-25-38(44-28-32-12-6-2-7-13-32)39(26-34)45-29-33-14-8-3-9-15-33;3-2(4,5)1(6)7/h1-15,17-19,22-23,25-26,35,37,41H,16,20-21,24,27-29H2;(H,6,7)/t35-,37-;/m0./s1. The molecule has 0 saturated carbocycles. The molecule has 1 fully saturated rings. The molecule has 0 spiro atoms. The van der Waals surface area contributed by atoms with E-state index >= 15 is 0 Å². The van der Waals surface area contributed by atoms with Gasteiger partial charge in [0.15, 0.2) is 17.3 Å². The Kier molecular flexibility index (Phi) is 13.4. The van der Waals surface area contributed by atoms with Crippen LogP contribution in [0.2, 0.25) is 0 Å². The van der Waals surface area contributed by atoms with Gasteiger partial charge in [-0.2, -0.15) is 13.2 Å². The Balaban J connectivity index is 0.000000679. The van der Waals surface area contributed by atoms with E-state index in [-0.39, 0.29) is 11.8 Å². The first kappa shape index (κ1) is 37.6. The van der Waals surface area contributed by atoms with Crippen molar-refractivity contribution in [3.8, 4) is 17.2 Å². The summed E-state index contributed by atoms with van der Waals surface area (Å²) >= 11 is 0. The summed E-state index contributed by atoms with van der Waals surface area (Å²) in [5, 5.41) is 10.7. The lowest BCUT2D eigenvalue weighted by atomic mass is 10.0. The van der Waals surface area contributed by atoms with E-state index in [4.69, 9.17) is 24.1 Å². The number of carbonyl (C=O) groups is 2. The highest BCUT2D eigenvalue weighted by atomic mass is 19.4. The normalized spacial score (nSPS) is 15.2. The van der Waals surface area contributed by atoms with Crippen molar-refractivity contribution in [3.63, 3.8) is 0 Å². The van der Waals surface area contributed by atoms with Crippen molar-refractivity contribution >= 4 is 11.8 Å². The van der Waals surface area contributed by atoms with Crippen molar-refractivity contribution in [2.45, 2.75) is 63.8 Å². The van der Waals surface area contributed by atoms with Gasteiger partial charge >= 0.3 is 12.1 Å². The maximum atomic E-state index is 13.6. The smallest absolute Gasteiger partial charge is 0.489 e. The predicted molar refractivity (Wildman–Crippen MR) is 191 cm³/mol. The van der Waals surface area contributed by atoms with Crippen LogP contribution in [0.25, 0.3) is 0 Å². The lowest BCUT2D eigenvalue weighted by Gasteiger charge is -2.17. The fourth-order valence-corrected chi connectivity index (χ4v) is 5.65. The second kappa shape index (κ2) is 18.6. The maximum Gasteiger partial charge on any atom is 0.490 e. The minimum atomic E-state index is -5.08. The zero-order valence-corrected chi connectivity index (χ0v) is 28.4. The minimum Gasteiger partial charge on any atom is -0.489 e. The third-order valence-electron chi connectivity index (χ3n) is 8.46. The third kappa shape index (κ3) is 11.7. The molecule has 10 heteroatoms. The van der Waals surface area contributed by atoms with Gasteiger partial charge in [0.05, 0.1) is 6.04 Å². The number of ether oxygens (including phenoxy) is 3. The Morgan fingerprint density at radius 1 is 0.635 bits per heavy atom. The van der Waals surface area contributed by atoms with Gasteiger partial charge in [0, 0.05) is 11.6 Å². The zero-order valence-electron chi connectivity index (χ0n) is 28.4. The van der Waals surface area contributed by atoms with Crippen LogP contribution in [0.15, 0.2) is 133 Å². The van der Waals surface area contributed by atoms with Crippen LogP contribution in [0.1, 0.15) is 51.9 Å². The van der Waals surface area contributed by atoms with Gasteiger partial charge in [-0.05, 0) is 78.3 Å². The number of carboxylic acid groups (broad SMARTS) is 1. The topological polar surface area (TPSA) is 94.1 Å². The maximum absolute atomic E-state index is 13.6. The van der Waals surface area contributed by atoms with Crippen molar-refractivity contribution in [1.82, 2.24) is 5.32 Å². The first-order chi connectivity index (χ1) is 25.1. The SMILES string of the molecule is O=C(O)C(F)(F)F.O=C(c1ccc(OCc2ccccc2)c(OCc2ccccc2)c1)[C@@H]1CC[C@H](CCc2ccc(OCc3ccccc3)cc2)N1. The summed E-state index contributed by atoms with van der Waals surface area (Å²) in [7, 11) is 0. The van der Waals surface area contributed by atoms with E-state index < -0.39 is 12.1 Å². The number of halogens is 3. The van der Waals surface area contributed by atoms with Crippen LogP contribution >= 0.6 is 0 Å². The number of aliphatic carboxylic acids is 1. The number of hydrogen-bond acceptors (Lipinski definition) is 6. The molecular weight excluding hydrogens is 671 g/mol. The number of benzene rings is 5. The number of nitrogens with one attached hydrogen (secondary N) is 1. The van der Waals surface area contributed by atoms with E-state index in [0.717, 1.165) is 48.1 Å². The second-order valence-electron chi connectivity index (χ2n) is 12.3. The molecule has 0 aromatic heterocycles. The molecule has 0 amide bonds. The molecule has 0 aliphatic carbocycles. The fraction of sp³-hybridized carbons (Fsp3) is 0.238. The van der Waals surface area contributed by atoms with E-state index in [1.54, 1.807) is 0 Å². The minimum absolute atomic E-state index is 0.0941. The highest BCUT2D eigenvalue weighted by Gasteiger charge is 2.38. The molecule has 1 aliphatic heterocycles. The summed E-state index contributed by atoms with van der Waals surface area (Å²) in [6.45, 7) is 1.38. The van der Waals surface area contributed by atoms with E-state index in [9.17, 15) is 18.0 Å². The zero-order chi connectivity index (χ0) is 36.8. The number of ketones is 1. The third-order valence-corrected chi connectivity index (χ3v) is 8.46. The Labute approximate surface area is 301 Å². The molecule has 52 heavy (non-hydrogen) atoms. The van der Waals surface area contributed by atoms with Crippen molar-refractivity contribution in [2.75, 3.05) is 0 Å². The van der Waals surface area contributed by atoms with Gasteiger partial charge in [-0.1, -0.05) is 103 Å². The Hall–Kier alpha value is -5.61. The molecule has 7 nitrogen and oxygen atoms in total. The lowest BCUT2D eigenvalue weighted by molar-refractivity contribution is -0.192. The summed E-state index contributed by atoms with van der Waals surface area (Å²) in [5.74, 6) is -0.591. The molecule has 1 saturated heterocycles. The van der Waals surface area contributed by atoms with Gasteiger partial charge in [-0.15, -0.1) is 0 Å². The van der Waals surface area contributed by atoms with Gasteiger partial charge in [0.25, 0.3) is 0 Å². The number of carboxylic acids is 1. The number of alkyl halides is 3. The number of aryl methyl sites for hydroxylation is 1. The van der Waals surface area contributed by atoms with Crippen molar-refractivity contribution < 1.29 is 42.1 Å². The molecule has 5 aromatic carbocycles. The van der Waals surface area contributed by atoms with E-state index in [0.29, 0.717) is 42.9 Å². The first-order valence-electron chi connectivity index (χ1n) is 17.0. The molecule has 0 radical (unpaired) electrons. The first-order valence-corrected chi connectivity index (χ1v) is 17.0.